The summed E-state index contributed by atoms with van der Waals surface area (Å²) in [4.78, 5) is 11.0. The molecule has 0 radical (unpaired) electrons. The lowest BCUT2D eigenvalue weighted by molar-refractivity contribution is -0.191. The maximum Gasteiger partial charge on any atom is 0.503 e. The molecule has 0 heterocycles. The van der Waals surface area contributed by atoms with E-state index in [2.05, 4.69) is 11.8 Å². The highest BCUT2D eigenvalue weighted by Crippen LogP contribution is 2.30. The molecule has 2 amide bonds. The van der Waals surface area contributed by atoms with Crippen LogP contribution in [0.4, 0.5) is 36.8 Å². The summed E-state index contributed by atoms with van der Waals surface area (Å²) in [6, 6.07) is 1.11. The van der Waals surface area contributed by atoms with Gasteiger partial charge in [0.25, 0.3) is 0 Å². The Morgan fingerprint density at radius 1 is 1.05 bits per heavy atom. The lowest BCUT2D eigenvalue weighted by atomic mass is 10.2. The van der Waals surface area contributed by atoms with Gasteiger partial charge in [-0.25, -0.2) is 4.79 Å². The number of hydrogen-bond donors (Lipinski definition) is 1. The van der Waals surface area contributed by atoms with E-state index in [1.54, 1.807) is 5.32 Å². The van der Waals surface area contributed by atoms with Crippen LogP contribution < -0.4 is 5.32 Å². The second-order valence-electron chi connectivity index (χ2n) is 3.25. The first kappa shape index (κ1) is 15.4. The highest BCUT2D eigenvalue weighted by Gasteiger charge is 2.40. The van der Waals surface area contributed by atoms with Gasteiger partial charge >= 0.3 is 18.5 Å². The molecule has 0 aliphatic heterocycles. The van der Waals surface area contributed by atoms with E-state index in [-0.39, 0.29) is 5.69 Å². The average Bonchev–Trinajstić information content (AvgIpc) is 2.26. The molecule has 0 spiro atoms. The smallest absolute Gasteiger partial charge is 0.307 e. The van der Waals surface area contributed by atoms with Crippen molar-refractivity contribution in [3.8, 4) is 0 Å². The van der Waals surface area contributed by atoms with Crippen LogP contribution in [0.25, 0.3) is 0 Å². The fourth-order valence-corrected chi connectivity index (χ4v) is 1.07. The van der Waals surface area contributed by atoms with Gasteiger partial charge in [-0.3, -0.25) is 0 Å². The molecule has 0 aliphatic carbocycles. The number of hydrogen-bond acceptors (Lipinski definition) is 1. The van der Waals surface area contributed by atoms with Crippen molar-refractivity contribution in [3.63, 3.8) is 0 Å². The monoisotopic (exact) mass is 306 g/mol. The Morgan fingerprint density at radius 3 is 1.89 bits per heavy atom. The molecular formula is C9H5ClF6N2O. The predicted octanol–water partition coefficient (Wildman–Crippen LogP) is 4.21. The molecule has 0 unspecified atom stereocenters. The zero-order chi connectivity index (χ0) is 14.8. The van der Waals surface area contributed by atoms with Gasteiger partial charge in [-0.1, -0.05) is 0 Å². The van der Waals surface area contributed by atoms with Crippen molar-refractivity contribution in [1.29, 1.82) is 0 Å². The number of nitrogens with zero attached hydrogens (tertiary/aromatic N) is 1. The van der Waals surface area contributed by atoms with Crippen LogP contribution in [0.5, 0.6) is 0 Å². The molecule has 0 bridgehead atoms. The largest absolute Gasteiger partial charge is 0.503 e. The highest BCUT2D eigenvalue weighted by molar-refractivity contribution is 6.23. The molecule has 0 saturated carbocycles. The summed E-state index contributed by atoms with van der Waals surface area (Å²) in [6.07, 6.45) is -9.68. The van der Waals surface area contributed by atoms with Crippen LogP contribution in [0, 0.1) is 0 Å². The lowest BCUT2D eigenvalue weighted by Crippen LogP contribution is -2.38. The van der Waals surface area contributed by atoms with Gasteiger partial charge in [0.05, 0.1) is 5.56 Å². The fourth-order valence-electron chi connectivity index (χ4n) is 1.03. The quantitative estimate of drug-likeness (QED) is 0.470. The Labute approximate surface area is 107 Å². The van der Waals surface area contributed by atoms with Crippen molar-refractivity contribution in [2.45, 2.75) is 12.5 Å². The minimum Gasteiger partial charge on any atom is -0.307 e. The summed E-state index contributed by atoms with van der Waals surface area (Å²) < 4.78 is 71.6. The molecule has 0 atom stereocenters. The number of carbonyl (C=O) groups is 1. The van der Waals surface area contributed by atoms with Crippen molar-refractivity contribution >= 4 is 23.5 Å². The topological polar surface area (TPSA) is 32.3 Å². The van der Waals surface area contributed by atoms with Crippen LogP contribution in [0.2, 0.25) is 0 Å². The maximum absolute atomic E-state index is 12.2. The molecule has 10 heteroatoms. The van der Waals surface area contributed by atoms with E-state index in [4.69, 9.17) is 0 Å². The van der Waals surface area contributed by atoms with Gasteiger partial charge in [-0.05, 0) is 24.3 Å². The predicted molar refractivity (Wildman–Crippen MR) is 54.2 cm³/mol. The van der Waals surface area contributed by atoms with E-state index in [9.17, 15) is 31.1 Å². The lowest BCUT2D eigenvalue weighted by Gasteiger charge is -2.17. The minimum absolute atomic E-state index is 0.257. The molecule has 1 rings (SSSR count). The summed E-state index contributed by atoms with van der Waals surface area (Å²) in [6.45, 7) is 0. The Bertz CT molecular complexity index is 455. The number of rotatable bonds is 1. The molecule has 19 heavy (non-hydrogen) atoms. The van der Waals surface area contributed by atoms with Crippen molar-refractivity contribution in [1.82, 2.24) is 4.42 Å². The van der Waals surface area contributed by atoms with Crippen LogP contribution in [-0.2, 0) is 6.18 Å². The van der Waals surface area contributed by atoms with Gasteiger partial charge in [-0.2, -0.15) is 13.2 Å². The van der Waals surface area contributed by atoms with E-state index in [1.807, 2.05) is 0 Å². The first-order valence-electron chi connectivity index (χ1n) is 4.53. The number of halogens is 7. The van der Waals surface area contributed by atoms with Gasteiger partial charge in [0.2, 0.25) is 0 Å². The normalized spacial score (nSPS) is 12.2. The zero-order valence-corrected chi connectivity index (χ0v) is 9.57. The number of nitrogens with one attached hydrogen (secondary N) is 1. The van der Waals surface area contributed by atoms with Crippen LogP contribution in [0.15, 0.2) is 24.3 Å². The van der Waals surface area contributed by atoms with Crippen molar-refractivity contribution in [3.05, 3.63) is 29.8 Å². The van der Waals surface area contributed by atoms with E-state index in [1.165, 1.54) is 0 Å². The van der Waals surface area contributed by atoms with E-state index >= 15 is 0 Å². The Morgan fingerprint density at radius 2 is 1.53 bits per heavy atom. The van der Waals surface area contributed by atoms with Gasteiger partial charge in [0, 0.05) is 17.5 Å². The molecular weight excluding hydrogens is 302 g/mol. The van der Waals surface area contributed by atoms with E-state index in [0.29, 0.717) is 12.1 Å². The molecule has 0 aliphatic rings. The Kier molecular flexibility index (Phi) is 4.18. The summed E-state index contributed by atoms with van der Waals surface area (Å²) in [5.74, 6) is 0. The summed E-state index contributed by atoms with van der Waals surface area (Å²) in [5, 5.41) is 1.69. The van der Waals surface area contributed by atoms with Gasteiger partial charge in [0.15, 0.2) is 0 Å². The SMILES string of the molecule is O=C(Nc1ccc(C(F)(F)F)cc1)N(Cl)C(F)(F)F. The standard InChI is InChI=1S/C9H5ClF6N2O/c10-18(9(14,15)16)7(19)17-6-3-1-5(2-4-6)8(11,12)13/h1-4H,(H,17,19). The van der Waals surface area contributed by atoms with Crippen LogP contribution >= 0.6 is 11.8 Å². The molecule has 1 aromatic carbocycles. The molecule has 1 aromatic rings. The second kappa shape index (κ2) is 5.16. The number of anilines is 1. The maximum atomic E-state index is 12.2. The number of alkyl halides is 6. The third kappa shape index (κ3) is 4.19. The summed E-state index contributed by atoms with van der Waals surface area (Å²) in [7, 11) is 0. The summed E-state index contributed by atoms with van der Waals surface area (Å²) >= 11 is 4.68. The number of benzene rings is 1. The minimum atomic E-state index is -5.10. The van der Waals surface area contributed by atoms with Crippen molar-refractivity contribution < 1.29 is 31.1 Å². The van der Waals surface area contributed by atoms with Crippen molar-refractivity contribution in [2.24, 2.45) is 0 Å². The van der Waals surface area contributed by atoms with Gasteiger partial charge < -0.3 is 5.32 Å². The van der Waals surface area contributed by atoms with Crippen LogP contribution in [-0.4, -0.2) is 16.8 Å². The van der Waals surface area contributed by atoms with Gasteiger partial charge in [0.1, 0.15) is 0 Å². The molecule has 0 fully saturated rings. The zero-order valence-electron chi connectivity index (χ0n) is 8.81. The first-order valence-corrected chi connectivity index (χ1v) is 4.86. The number of urea groups is 1. The highest BCUT2D eigenvalue weighted by atomic mass is 35.5. The number of carbonyl (C=O) groups excluding carboxylic acids is 1. The molecule has 1 N–H and O–H groups in total. The Balaban J connectivity index is 2.77. The Hall–Kier alpha value is -1.64. The van der Waals surface area contributed by atoms with Crippen LogP contribution in [0.1, 0.15) is 5.56 Å². The third-order valence-corrected chi connectivity index (χ3v) is 2.21. The average molecular weight is 307 g/mol. The molecule has 3 nitrogen and oxygen atoms in total. The fraction of sp³-hybridized carbons (Fsp3) is 0.222. The van der Waals surface area contributed by atoms with E-state index in [0.717, 1.165) is 12.1 Å². The molecule has 106 valence electrons. The van der Waals surface area contributed by atoms with E-state index < -0.39 is 28.5 Å². The molecule has 0 saturated heterocycles. The number of amides is 2. The molecule has 0 aromatic heterocycles. The first-order chi connectivity index (χ1) is 8.51. The summed E-state index contributed by atoms with van der Waals surface area (Å²) in [5.41, 5.74) is -1.25. The second-order valence-corrected chi connectivity index (χ2v) is 3.59. The van der Waals surface area contributed by atoms with Crippen LogP contribution in [0.3, 0.4) is 0 Å². The van der Waals surface area contributed by atoms with Gasteiger partial charge in [-0.15, -0.1) is 17.6 Å². The van der Waals surface area contributed by atoms with Crippen molar-refractivity contribution in [2.75, 3.05) is 5.32 Å². The third-order valence-electron chi connectivity index (χ3n) is 1.86.